The summed E-state index contributed by atoms with van der Waals surface area (Å²) in [6, 6.07) is 4.22. The van der Waals surface area contributed by atoms with Crippen molar-refractivity contribution in [2.45, 2.75) is 33.4 Å². The van der Waals surface area contributed by atoms with Crippen LogP contribution in [0.2, 0.25) is 0 Å². The van der Waals surface area contributed by atoms with Crippen molar-refractivity contribution in [3.8, 4) is 0 Å². The molecule has 23 heavy (non-hydrogen) atoms. The van der Waals surface area contributed by atoms with E-state index >= 15 is 0 Å². The van der Waals surface area contributed by atoms with Gasteiger partial charge in [-0.25, -0.2) is 0 Å². The molecule has 2 N–H and O–H groups in total. The van der Waals surface area contributed by atoms with Crippen molar-refractivity contribution >= 4 is 57.2 Å². The van der Waals surface area contributed by atoms with Crippen LogP contribution in [-0.2, 0) is 13.1 Å². The fourth-order valence-electron chi connectivity index (χ4n) is 2.17. The number of guanidine groups is 1. The van der Waals surface area contributed by atoms with Gasteiger partial charge in [-0.05, 0) is 48.3 Å². The quantitative estimate of drug-likeness (QED) is 0.269. The molecule has 2 aromatic heterocycles. The molecule has 0 saturated heterocycles. The number of rotatable bonds is 6. The molecule has 0 aliphatic carbocycles. The number of nitrogens with zero attached hydrogens (tertiary/aromatic N) is 3. The van der Waals surface area contributed by atoms with Crippen molar-refractivity contribution in [3.63, 3.8) is 0 Å². The first-order valence-corrected chi connectivity index (χ1v) is 8.94. The summed E-state index contributed by atoms with van der Waals surface area (Å²) in [5.74, 6) is 0.831. The molecule has 2 aromatic rings. The molecule has 0 bridgehead atoms. The largest absolute Gasteiger partial charge is 0.356 e. The van der Waals surface area contributed by atoms with E-state index in [-0.39, 0.29) is 24.0 Å². The fraction of sp³-hybridized carbons (Fsp3) is 0.467. The number of halogens is 2. The average molecular weight is 512 g/mol. The topological polar surface area (TPSA) is 54.2 Å². The second-order valence-electron chi connectivity index (χ2n) is 5.09. The predicted octanol–water partition coefficient (Wildman–Crippen LogP) is 3.70. The molecule has 0 aliphatic rings. The lowest BCUT2D eigenvalue weighted by atomic mass is 10.4. The standard InChI is InChI=1S/C15H22BrN5S.HI/c1-11-7-12(2)21(20-11)6-4-5-18-15(17-3)19-9-14-8-13(16)10-22-14;/h7-8,10H,4-6,9H2,1-3H3,(H2,17,18,19);1H. The van der Waals surface area contributed by atoms with E-state index in [0.29, 0.717) is 0 Å². The van der Waals surface area contributed by atoms with Gasteiger partial charge in [0.05, 0.1) is 12.2 Å². The second-order valence-corrected chi connectivity index (χ2v) is 7.00. The third kappa shape index (κ3) is 6.80. The lowest BCUT2D eigenvalue weighted by Gasteiger charge is -2.11. The summed E-state index contributed by atoms with van der Waals surface area (Å²) in [7, 11) is 1.79. The SMILES string of the molecule is CN=C(NCCCn1nc(C)cc1C)NCc1cc(Br)cs1.I. The van der Waals surface area contributed by atoms with Gasteiger partial charge in [0.2, 0.25) is 0 Å². The van der Waals surface area contributed by atoms with E-state index in [4.69, 9.17) is 0 Å². The Hall–Kier alpha value is -0.610. The molecule has 0 aromatic carbocycles. The molecular weight excluding hydrogens is 489 g/mol. The Balaban J connectivity index is 0.00000264. The molecule has 0 fully saturated rings. The lowest BCUT2D eigenvalue weighted by molar-refractivity contribution is 0.555. The van der Waals surface area contributed by atoms with Crippen molar-refractivity contribution in [2.24, 2.45) is 4.99 Å². The Morgan fingerprint density at radius 1 is 1.35 bits per heavy atom. The maximum absolute atomic E-state index is 4.47. The maximum Gasteiger partial charge on any atom is 0.191 e. The van der Waals surface area contributed by atoms with Gasteiger partial charge in [0.25, 0.3) is 0 Å². The van der Waals surface area contributed by atoms with E-state index in [1.807, 2.05) is 6.92 Å². The lowest BCUT2D eigenvalue weighted by Crippen LogP contribution is -2.37. The van der Waals surface area contributed by atoms with Gasteiger partial charge in [-0.2, -0.15) is 5.10 Å². The third-order valence-electron chi connectivity index (χ3n) is 3.22. The second kappa shape index (κ2) is 10.3. The van der Waals surface area contributed by atoms with E-state index in [1.165, 1.54) is 10.6 Å². The number of thiophene rings is 1. The first-order valence-electron chi connectivity index (χ1n) is 7.27. The molecule has 0 radical (unpaired) electrons. The van der Waals surface area contributed by atoms with E-state index in [9.17, 15) is 0 Å². The first-order chi connectivity index (χ1) is 10.6. The molecule has 2 rings (SSSR count). The predicted molar refractivity (Wildman–Crippen MR) is 112 cm³/mol. The number of hydrogen-bond donors (Lipinski definition) is 2. The fourth-order valence-corrected chi connectivity index (χ4v) is 3.57. The maximum atomic E-state index is 4.47. The summed E-state index contributed by atoms with van der Waals surface area (Å²) in [6.45, 7) is 6.69. The van der Waals surface area contributed by atoms with Crippen LogP contribution in [-0.4, -0.2) is 29.3 Å². The van der Waals surface area contributed by atoms with Crippen LogP contribution < -0.4 is 10.6 Å². The summed E-state index contributed by atoms with van der Waals surface area (Å²) in [5, 5.41) is 13.2. The van der Waals surface area contributed by atoms with Crippen molar-refractivity contribution in [1.29, 1.82) is 0 Å². The number of hydrogen-bond acceptors (Lipinski definition) is 3. The smallest absolute Gasteiger partial charge is 0.191 e. The number of aliphatic imine (C=N–C) groups is 1. The van der Waals surface area contributed by atoms with E-state index in [0.717, 1.165) is 42.2 Å². The van der Waals surface area contributed by atoms with E-state index < -0.39 is 0 Å². The highest BCUT2D eigenvalue weighted by atomic mass is 127. The van der Waals surface area contributed by atoms with Crippen LogP contribution in [0.1, 0.15) is 22.7 Å². The van der Waals surface area contributed by atoms with Crippen LogP contribution in [0.3, 0.4) is 0 Å². The Morgan fingerprint density at radius 3 is 2.70 bits per heavy atom. The highest BCUT2D eigenvalue weighted by Crippen LogP contribution is 2.19. The van der Waals surface area contributed by atoms with Gasteiger partial charge in [0, 0.05) is 40.6 Å². The minimum atomic E-state index is 0. The third-order valence-corrected chi connectivity index (χ3v) is 4.92. The molecule has 0 saturated carbocycles. The van der Waals surface area contributed by atoms with Crippen molar-refractivity contribution < 1.29 is 0 Å². The summed E-state index contributed by atoms with van der Waals surface area (Å²) < 4.78 is 3.18. The number of aromatic nitrogens is 2. The van der Waals surface area contributed by atoms with Crippen molar-refractivity contribution in [2.75, 3.05) is 13.6 Å². The van der Waals surface area contributed by atoms with Crippen molar-refractivity contribution in [3.05, 3.63) is 38.3 Å². The minimum Gasteiger partial charge on any atom is -0.356 e. The molecule has 2 heterocycles. The van der Waals surface area contributed by atoms with Crippen molar-refractivity contribution in [1.82, 2.24) is 20.4 Å². The first kappa shape index (κ1) is 20.4. The Kier molecular flexibility index (Phi) is 9.15. The molecule has 0 unspecified atom stereocenters. The molecule has 0 atom stereocenters. The van der Waals surface area contributed by atoms with Gasteiger partial charge in [0.1, 0.15) is 0 Å². The normalized spacial score (nSPS) is 11.2. The number of aryl methyl sites for hydroxylation is 3. The summed E-state index contributed by atoms with van der Waals surface area (Å²) in [6.07, 6.45) is 1.01. The monoisotopic (exact) mass is 511 g/mol. The van der Waals surface area contributed by atoms with E-state index in [1.54, 1.807) is 18.4 Å². The van der Waals surface area contributed by atoms with Crippen LogP contribution in [0.25, 0.3) is 0 Å². The highest BCUT2D eigenvalue weighted by molar-refractivity contribution is 14.0. The van der Waals surface area contributed by atoms with Gasteiger partial charge in [-0.3, -0.25) is 9.67 Å². The average Bonchev–Trinajstić information content (AvgIpc) is 3.03. The van der Waals surface area contributed by atoms with Crippen LogP contribution in [0.5, 0.6) is 0 Å². The molecule has 0 spiro atoms. The molecule has 0 amide bonds. The zero-order valence-electron chi connectivity index (χ0n) is 13.6. The van der Waals surface area contributed by atoms with Crippen LogP contribution in [0.4, 0.5) is 0 Å². The minimum absolute atomic E-state index is 0. The van der Waals surface area contributed by atoms with E-state index in [2.05, 4.69) is 65.8 Å². The number of nitrogens with one attached hydrogen (secondary N) is 2. The van der Waals surface area contributed by atoms with Crippen LogP contribution >= 0.6 is 51.2 Å². The Morgan fingerprint density at radius 2 is 2.13 bits per heavy atom. The Labute approximate surface area is 167 Å². The summed E-state index contributed by atoms with van der Waals surface area (Å²) in [5.41, 5.74) is 2.29. The van der Waals surface area contributed by atoms with Gasteiger partial charge >= 0.3 is 0 Å². The van der Waals surface area contributed by atoms with Crippen LogP contribution in [0, 0.1) is 13.8 Å². The highest BCUT2D eigenvalue weighted by Gasteiger charge is 2.02. The molecule has 128 valence electrons. The van der Waals surface area contributed by atoms with Crippen LogP contribution in [0.15, 0.2) is 27.0 Å². The molecule has 8 heteroatoms. The zero-order chi connectivity index (χ0) is 15.9. The molecular formula is C15H23BrIN5S. The molecule has 5 nitrogen and oxygen atoms in total. The molecule has 0 aliphatic heterocycles. The van der Waals surface area contributed by atoms with Gasteiger partial charge in [-0.1, -0.05) is 0 Å². The Bertz CT molecular complexity index is 638. The zero-order valence-corrected chi connectivity index (χ0v) is 18.3. The van der Waals surface area contributed by atoms with Gasteiger partial charge in [0.15, 0.2) is 5.96 Å². The van der Waals surface area contributed by atoms with Gasteiger partial charge in [-0.15, -0.1) is 35.3 Å². The summed E-state index contributed by atoms with van der Waals surface area (Å²) in [4.78, 5) is 5.52. The van der Waals surface area contributed by atoms with Gasteiger partial charge < -0.3 is 10.6 Å². The summed E-state index contributed by atoms with van der Waals surface area (Å²) >= 11 is 5.19.